The van der Waals surface area contributed by atoms with Crippen LogP contribution in [0, 0.1) is 0 Å². The first kappa shape index (κ1) is 21.2. The van der Waals surface area contributed by atoms with Crippen LogP contribution in [0.25, 0.3) is 11.4 Å². The van der Waals surface area contributed by atoms with Crippen LogP contribution >= 0.6 is 11.8 Å². The molecule has 0 radical (unpaired) electrons. The quantitative estimate of drug-likeness (QED) is 0.412. The number of carbonyl (C=O) groups excluding carboxylic acids is 1. The molecule has 0 bridgehead atoms. The Morgan fingerprint density at radius 1 is 1.19 bits per heavy atom. The molecule has 1 atom stereocenters. The van der Waals surface area contributed by atoms with Gasteiger partial charge in [0.2, 0.25) is 5.91 Å². The molecule has 0 aliphatic carbocycles. The molecular weight excluding hydrogens is 408 g/mol. The molecule has 160 valence electrons. The van der Waals surface area contributed by atoms with E-state index in [1.165, 1.54) is 22.9 Å². The summed E-state index contributed by atoms with van der Waals surface area (Å²) in [5, 5.41) is 9.23. The maximum absolute atomic E-state index is 13.1. The molecule has 0 fully saturated rings. The highest BCUT2D eigenvalue weighted by atomic mass is 32.2. The van der Waals surface area contributed by atoms with Gasteiger partial charge < -0.3 is 9.64 Å². The Kier molecular flexibility index (Phi) is 6.42. The van der Waals surface area contributed by atoms with Crippen LogP contribution in [0.5, 0.6) is 5.75 Å². The fraction of sp³-hybridized carbons (Fsp3) is 0.292. The predicted molar refractivity (Wildman–Crippen MR) is 123 cm³/mol. The van der Waals surface area contributed by atoms with Gasteiger partial charge in [0.1, 0.15) is 5.75 Å². The van der Waals surface area contributed by atoms with E-state index in [4.69, 9.17) is 4.74 Å². The summed E-state index contributed by atoms with van der Waals surface area (Å²) in [6, 6.07) is 16.0. The standard InChI is InChI=1S/C24H26N4O2S/c1-4-14-28-22(19-9-11-21(30-3)12-10-19)25-26-24(28)31-17(2)23(29)27-15-13-18-7-5-6-8-20(18)16-27/h4-12,17H,1,13-16H2,2-3H3. The van der Waals surface area contributed by atoms with E-state index in [1.54, 1.807) is 7.11 Å². The van der Waals surface area contributed by atoms with Crippen molar-refractivity contribution in [2.24, 2.45) is 0 Å². The fourth-order valence-corrected chi connectivity index (χ4v) is 4.72. The zero-order valence-electron chi connectivity index (χ0n) is 17.8. The van der Waals surface area contributed by atoms with Crippen molar-refractivity contribution in [1.29, 1.82) is 0 Å². The van der Waals surface area contributed by atoms with Gasteiger partial charge in [-0.2, -0.15) is 0 Å². The zero-order valence-corrected chi connectivity index (χ0v) is 18.6. The zero-order chi connectivity index (χ0) is 21.8. The van der Waals surface area contributed by atoms with Crippen molar-refractivity contribution >= 4 is 17.7 Å². The van der Waals surface area contributed by atoms with Crippen molar-refractivity contribution in [3.05, 3.63) is 72.3 Å². The number of allylic oxidation sites excluding steroid dienone is 1. The second-order valence-electron chi connectivity index (χ2n) is 7.47. The molecule has 1 aliphatic rings. The van der Waals surface area contributed by atoms with E-state index in [0.717, 1.165) is 30.1 Å². The number of nitrogens with zero attached hydrogens (tertiary/aromatic N) is 4. The van der Waals surface area contributed by atoms with Gasteiger partial charge in [0.15, 0.2) is 11.0 Å². The first-order valence-corrected chi connectivity index (χ1v) is 11.2. The average Bonchev–Trinajstić information content (AvgIpc) is 3.20. The minimum Gasteiger partial charge on any atom is -0.497 e. The molecule has 6 nitrogen and oxygen atoms in total. The molecule has 7 heteroatoms. The molecule has 0 saturated carbocycles. The number of carbonyl (C=O) groups is 1. The summed E-state index contributed by atoms with van der Waals surface area (Å²) < 4.78 is 7.24. The van der Waals surface area contributed by atoms with Crippen molar-refractivity contribution < 1.29 is 9.53 Å². The van der Waals surface area contributed by atoms with E-state index in [0.29, 0.717) is 18.2 Å². The molecular formula is C24H26N4O2S. The highest BCUT2D eigenvalue weighted by molar-refractivity contribution is 8.00. The van der Waals surface area contributed by atoms with Crippen molar-refractivity contribution in [3.8, 4) is 17.1 Å². The highest BCUT2D eigenvalue weighted by Gasteiger charge is 2.27. The molecule has 2 heterocycles. The molecule has 3 aromatic rings. The maximum atomic E-state index is 13.1. The van der Waals surface area contributed by atoms with Gasteiger partial charge in [-0.15, -0.1) is 16.8 Å². The lowest BCUT2D eigenvalue weighted by Crippen LogP contribution is -2.40. The number of fused-ring (bicyclic) bond motifs is 1. The molecule has 1 amide bonds. The van der Waals surface area contributed by atoms with Crippen molar-refractivity contribution in [2.75, 3.05) is 13.7 Å². The third-order valence-electron chi connectivity index (χ3n) is 5.45. The first-order valence-electron chi connectivity index (χ1n) is 10.3. The number of benzene rings is 2. The fourth-order valence-electron chi connectivity index (χ4n) is 3.77. The van der Waals surface area contributed by atoms with Crippen LogP contribution < -0.4 is 4.74 Å². The molecule has 1 aromatic heterocycles. The second kappa shape index (κ2) is 9.39. The summed E-state index contributed by atoms with van der Waals surface area (Å²) in [6.45, 7) is 7.78. The molecule has 0 saturated heterocycles. The van der Waals surface area contributed by atoms with Gasteiger partial charge in [0.25, 0.3) is 0 Å². The van der Waals surface area contributed by atoms with Gasteiger partial charge in [-0.3, -0.25) is 9.36 Å². The lowest BCUT2D eigenvalue weighted by molar-refractivity contribution is -0.131. The van der Waals surface area contributed by atoms with Crippen LogP contribution in [0.1, 0.15) is 18.1 Å². The van der Waals surface area contributed by atoms with E-state index >= 15 is 0 Å². The number of hydrogen-bond acceptors (Lipinski definition) is 5. The maximum Gasteiger partial charge on any atom is 0.236 e. The third-order valence-corrected chi connectivity index (χ3v) is 6.52. The molecule has 0 N–H and O–H groups in total. The number of amides is 1. The van der Waals surface area contributed by atoms with Crippen molar-refractivity contribution in [2.45, 2.75) is 36.8 Å². The second-order valence-corrected chi connectivity index (χ2v) is 8.78. The Bertz CT molecular complexity index is 1080. The molecule has 0 spiro atoms. The topological polar surface area (TPSA) is 60.2 Å². The lowest BCUT2D eigenvalue weighted by Gasteiger charge is -2.30. The molecule has 31 heavy (non-hydrogen) atoms. The molecule has 1 aliphatic heterocycles. The SMILES string of the molecule is C=CCn1c(SC(C)C(=O)N2CCc3ccccc3C2)nnc1-c1ccc(OC)cc1. The van der Waals surface area contributed by atoms with Crippen LogP contribution in [-0.4, -0.2) is 44.5 Å². The van der Waals surface area contributed by atoms with Gasteiger partial charge >= 0.3 is 0 Å². The van der Waals surface area contributed by atoms with Crippen molar-refractivity contribution in [3.63, 3.8) is 0 Å². The van der Waals surface area contributed by atoms with Crippen molar-refractivity contribution in [1.82, 2.24) is 19.7 Å². The summed E-state index contributed by atoms with van der Waals surface area (Å²) >= 11 is 1.44. The Hall–Kier alpha value is -3.06. The Morgan fingerprint density at radius 3 is 2.65 bits per heavy atom. The van der Waals surface area contributed by atoms with E-state index < -0.39 is 0 Å². The summed E-state index contributed by atoms with van der Waals surface area (Å²) in [4.78, 5) is 15.1. The Balaban J connectivity index is 1.51. The van der Waals surface area contributed by atoms with E-state index in [9.17, 15) is 4.79 Å². The van der Waals surface area contributed by atoms with Gasteiger partial charge in [0.05, 0.1) is 12.4 Å². The van der Waals surface area contributed by atoms with E-state index in [-0.39, 0.29) is 11.2 Å². The highest BCUT2D eigenvalue weighted by Crippen LogP contribution is 2.29. The molecule has 2 aromatic carbocycles. The van der Waals surface area contributed by atoms with Gasteiger partial charge in [-0.1, -0.05) is 42.1 Å². The Labute approximate surface area is 186 Å². The normalized spacial score (nSPS) is 14.1. The van der Waals surface area contributed by atoms with E-state index in [1.807, 2.05) is 52.8 Å². The number of methoxy groups -OCH3 is 1. The van der Waals surface area contributed by atoms with Gasteiger partial charge in [-0.25, -0.2) is 0 Å². The first-order chi connectivity index (χ1) is 15.1. The summed E-state index contributed by atoms with van der Waals surface area (Å²) in [5.74, 6) is 1.66. The van der Waals surface area contributed by atoms with Gasteiger partial charge in [-0.05, 0) is 48.7 Å². The Morgan fingerprint density at radius 2 is 1.94 bits per heavy atom. The largest absolute Gasteiger partial charge is 0.497 e. The van der Waals surface area contributed by atoms with Crippen LogP contribution in [0.15, 0.2) is 66.3 Å². The van der Waals surface area contributed by atoms with Crippen LogP contribution in [-0.2, 0) is 24.3 Å². The van der Waals surface area contributed by atoms with Crippen LogP contribution in [0.2, 0.25) is 0 Å². The minimum atomic E-state index is -0.262. The number of aromatic nitrogens is 3. The average molecular weight is 435 g/mol. The number of rotatable bonds is 7. The smallest absolute Gasteiger partial charge is 0.236 e. The van der Waals surface area contributed by atoms with E-state index in [2.05, 4.69) is 35.0 Å². The molecule has 1 unspecified atom stereocenters. The van der Waals surface area contributed by atoms with Crippen LogP contribution in [0.3, 0.4) is 0 Å². The third kappa shape index (κ3) is 4.51. The summed E-state index contributed by atoms with van der Waals surface area (Å²) in [7, 11) is 1.64. The molecule has 4 rings (SSSR count). The number of ether oxygens (including phenoxy) is 1. The predicted octanol–water partition coefficient (Wildman–Crippen LogP) is 4.21. The summed E-state index contributed by atoms with van der Waals surface area (Å²) in [6.07, 6.45) is 2.71. The number of thioether (sulfide) groups is 1. The lowest BCUT2D eigenvalue weighted by atomic mass is 10.00. The van der Waals surface area contributed by atoms with Crippen LogP contribution in [0.4, 0.5) is 0 Å². The van der Waals surface area contributed by atoms with Gasteiger partial charge in [0, 0.05) is 25.2 Å². The minimum absolute atomic E-state index is 0.124. The monoisotopic (exact) mass is 434 g/mol. The number of hydrogen-bond donors (Lipinski definition) is 0. The summed E-state index contributed by atoms with van der Waals surface area (Å²) in [5.41, 5.74) is 3.51.